The normalized spacial score (nSPS) is 18.3. The van der Waals surface area contributed by atoms with Gasteiger partial charge in [-0.25, -0.2) is 4.98 Å². The number of aryl methyl sites for hydroxylation is 1. The molecule has 4 rings (SSSR count). The number of fused-ring (bicyclic) bond motifs is 2. The summed E-state index contributed by atoms with van der Waals surface area (Å²) in [7, 11) is 0. The van der Waals surface area contributed by atoms with Gasteiger partial charge in [0.25, 0.3) is 0 Å². The van der Waals surface area contributed by atoms with Gasteiger partial charge in [0.2, 0.25) is 5.91 Å². The van der Waals surface area contributed by atoms with Crippen LogP contribution in [0.15, 0.2) is 42.9 Å². The van der Waals surface area contributed by atoms with Crippen molar-refractivity contribution in [2.45, 2.75) is 25.5 Å². The van der Waals surface area contributed by atoms with Crippen molar-refractivity contribution in [3.05, 3.63) is 53.4 Å². The number of nitrogens with zero attached hydrogens (tertiary/aromatic N) is 2. The highest BCUT2D eigenvalue weighted by Gasteiger charge is 2.25. The average molecular weight is 341 g/mol. The van der Waals surface area contributed by atoms with E-state index in [0.29, 0.717) is 6.42 Å². The van der Waals surface area contributed by atoms with Crippen molar-refractivity contribution >= 4 is 27.3 Å². The first-order valence-electron chi connectivity index (χ1n) is 8.14. The molecule has 2 unspecified atom stereocenters. The van der Waals surface area contributed by atoms with Crippen LogP contribution in [0.4, 0.5) is 0 Å². The Balaban J connectivity index is 1.37. The van der Waals surface area contributed by atoms with Crippen LogP contribution in [-0.2, 0) is 17.8 Å². The van der Waals surface area contributed by atoms with Crippen LogP contribution in [0.5, 0.6) is 0 Å². The van der Waals surface area contributed by atoms with Crippen molar-refractivity contribution < 1.29 is 9.90 Å². The smallest absolute Gasteiger partial charge is 0.223 e. The van der Waals surface area contributed by atoms with Gasteiger partial charge in [0, 0.05) is 46.9 Å². The largest absolute Gasteiger partial charge is 0.386 e. The molecule has 24 heavy (non-hydrogen) atoms. The lowest BCUT2D eigenvalue weighted by Gasteiger charge is -2.23. The summed E-state index contributed by atoms with van der Waals surface area (Å²) in [6.45, 7) is 1.08. The van der Waals surface area contributed by atoms with E-state index in [2.05, 4.69) is 14.9 Å². The Hall–Kier alpha value is -2.18. The van der Waals surface area contributed by atoms with E-state index in [4.69, 9.17) is 0 Å². The van der Waals surface area contributed by atoms with Crippen LogP contribution >= 0.6 is 11.3 Å². The molecule has 0 saturated heterocycles. The van der Waals surface area contributed by atoms with Crippen molar-refractivity contribution in [2.75, 3.05) is 6.54 Å². The number of rotatable bonds is 4. The fourth-order valence-corrected chi connectivity index (χ4v) is 4.25. The number of carbonyl (C=O) groups is 1. The van der Waals surface area contributed by atoms with E-state index in [1.165, 1.54) is 0 Å². The highest BCUT2D eigenvalue weighted by atomic mass is 32.1. The summed E-state index contributed by atoms with van der Waals surface area (Å²) in [4.78, 5) is 17.4. The maximum absolute atomic E-state index is 12.4. The molecule has 6 heteroatoms. The third kappa shape index (κ3) is 2.95. The summed E-state index contributed by atoms with van der Waals surface area (Å²) >= 11 is 1.57. The second-order valence-electron chi connectivity index (χ2n) is 6.22. The Morgan fingerprint density at radius 2 is 2.33 bits per heavy atom. The molecule has 2 aromatic heterocycles. The lowest BCUT2D eigenvalue weighted by Crippen LogP contribution is -2.37. The summed E-state index contributed by atoms with van der Waals surface area (Å²) in [5.74, 6) is -0.0218. The van der Waals surface area contributed by atoms with Crippen LogP contribution < -0.4 is 5.32 Å². The number of aromatic nitrogens is 2. The average Bonchev–Trinajstić information content (AvgIpc) is 3.24. The van der Waals surface area contributed by atoms with Gasteiger partial charge in [0.05, 0.1) is 6.33 Å². The number of benzene rings is 1. The molecule has 0 bridgehead atoms. The first-order valence-corrected chi connectivity index (χ1v) is 8.95. The summed E-state index contributed by atoms with van der Waals surface area (Å²) in [6.07, 6.45) is 4.50. The number of amides is 1. The number of aliphatic hydroxyl groups excluding tert-OH is 1. The SMILES string of the molecule is O=C(NCC(O)c1cc2ccccc2s1)C1CCn2cncc2C1. The van der Waals surface area contributed by atoms with E-state index in [1.807, 2.05) is 42.9 Å². The second-order valence-corrected chi connectivity index (χ2v) is 7.33. The summed E-state index contributed by atoms with van der Waals surface area (Å²) in [6, 6.07) is 10.0. The monoisotopic (exact) mass is 341 g/mol. The fraction of sp³-hybridized carbons (Fsp3) is 0.333. The molecule has 3 heterocycles. The molecule has 2 atom stereocenters. The molecule has 0 fully saturated rings. The van der Waals surface area contributed by atoms with Crippen LogP contribution in [-0.4, -0.2) is 27.1 Å². The maximum Gasteiger partial charge on any atom is 0.223 e. The number of thiophene rings is 1. The summed E-state index contributed by atoms with van der Waals surface area (Å²) < 4.78 is 3.24. The van der Waals surface area contributed by atoms with Crippen LogP contribution in [0.2, 0.25) is 0 Å². The zero-order chi connectivity index (χ0) is 16.5. The Kier molecular flexibility index (Phi) is 4.08. The number of imidazole rings is 1. The van der Waals surface area contributed by atoms with Gasteiger partial charge >= 0.3 is 0 Å². The Morgan fingerprint density at radius 1 is 1.46 bits per heavy atom. The van der Waals surface area contributed by atoms with Gasteiger partial charge in [-0.1, -0.05) is 18.2 Å². The molecule has 0 aliphatic carbocycles. The number of aliphatic hydroxyl groups is 1. The molecule has 2 N–H and O–H groups in total. The lowest BCUT2D eigenvalue weighted by atomic mass is 9.95. The topological polar surface area (TPSA) is 67.2 Å². The van der Waals surface area contributed by atoms with Gasteiger partial charge in [0.1, 0.15) is 6.10 Å². The van der Waals surface area contributed by atoms with Gasteiger partial charge in [-0.05, 0) is 23.9 Å². The van der Waals surface area contributed by atoms with E-state index in [9.17, 15) is 9.90 Å². The van der Waals surface area contributed by atoms with E-state index in [0.717, 1.165) is 33.6 Å². The minimum atomic E-state index is -0.666. The molecule has 124 valence electrons. The van der Waals surface area contributed by atoms with Crippen LogP contribution in [0.1, 0.15) is 23.1 Å². The first-order chi connectivity index (χ1) is 11.7. The van der Waals surface area contributed by atoms with Crippen molar-refractivity contribution in [3.63, 3.8) is 0 Å². The van der Waals surface area contributed by atoms with Gasteiger partial charge in [-0.15, -0.1) is 11.3 Å². The highest BCUT2D eigenvalue weighted by Crippen LogP contribution is 2.29. The third-order valence-corrected chi connectivity index (χ3v) is 5.80. The van der Waals surface area contributed by atoms with Gasteiger partial charge in [-0.2, -0.15) is 0 Å². The lowest BCUT2D eigenvalue weighted by molar-refractivity contribution is -0.126. The molecule has 5 nitrogen and oxygen atoms in total. The van der Waals surface area contributed by atoms with Gasteiger partial charge in [0.15, 0.2) is 0 Å². The fourth-order valence-electron chi connectivity index (χ4n) is 3.20. The number of nitrogens with one attached hydrogen (secondary N) is 1. The predicted molar refractivity (Wildman–Crippen MR) is 93.8 cm³/mol. The van der Waals surface area contributed by atoms with E-state index >= 15 is 0 Å². The molecule has 0 saturated carbocycles. The molecular formula is C18H19N3O2S. The van der Waals surface area contributed by atoms with Gasteiger partial charge < -0.3 is 15.0 Å². The van der Waals surface area contributed by atoms with Crippen LogP contribution in [0.25, 0.3) is 10.1 Å². The number of hydrogen-bond acceptors (Lipinski definition) is 4. The van der Waals surface area contributed by atoms with Crippen molar-refractivity contribution in [1.82, 2.24) is 14.9 Å². The van der Waals surface area contributed by atoms with Crippen molar-refractivity contribution in [1.29, 1.82) is 0 Å². The third-order valence-electron chi connectivity index (χ3n) is 4.59. The van der Waals surface area contributed by atoms with Crippen molar-refractivity contribution in [3.8, 4) is 0 Å². The Morgan fingerprint density at radius 3 is 3.21 bits per heavy atom. The first kappa shape index (κ1) is 15.4. The summed E-state index contributed by atoms with van der Waals surface area (Å²) in [5.41, 5.74) is 1.10. The van der Waals surface area contributed by atoms with Crippen LogP contribution in [0.3, 0.4) is 0 Å². The summed E-state index contributed by atoms with van der Waals surface area (Å²) in [5, 5.41) is 14.4. The molecule has 1 aromatic carbocycles. The van der Waals surface area contributed by atoms with E-state index in [1.54, 1.807) is 11.3 Å². The zero-order valence-electron chi connectivity index (χ0n) is 13.2. The molecule has 0 spiro atoms. The van der Waals surface area contributed by atoms with E-state index < -0.39 is 6.10 Å². The molecule has 1 amide bonds. The number of hydrogen-bond donors (Lipinski definition) is 2. The molecule has 1 aliphatic rings. The predicted octanol–water partition coefficient (Wildman–Crippen LogP) is 2.51. The maximum atomic E-state index is 12.4. The van der Waals surface area contributed by atoms with Gasteiger partial charge in [-0.3, -0.25) is 4.79 Å². The number of carbonyl (C=O) groups excluding carboxylic acids is 1. The second kappa shape index (κ2) is 6.37. The minimum absolute atomic E-state index is 0.0163. The standard InChI is InChI=1S/C18H19N3O2S/c22-15(17-8-12-3-1-2-4-16(12)24-17)10-20-18(23)13-5-6-21-11-19-9-14(21)7-13/h1-4,8-9,11,13,15,22H,5-7,10H2,(H,20,23). The molecular weight excluding hydrogens is 322 g/mol. The molecule has 1 aliphatic heterocycles. The molecule has 0 radical (unpaired) electrons. The molecule has 3 aromatic rings. The van der Waals surface area contributed by atoms with Crippen molar-refractivity contribution in [2.24, 2.45) is 5.92 Å². The quantitative estimate of drug-likeness (QED) is 0.766. The minimum Gasteiger partial charge on any atom is -0.386 e. The zero-order valence-corrected chi connectivity index (χ0v) is 14.0. The Bertz CT molecular complexity index is 837. The Labute approximate surface area is 144 Å². The highest BCUT2D eigenvalue weighted by molar-refractivity contribution is 7.19. The van der Waals surface area contributed by atoms with Crippen LogP contribution in [0, 0.1) is 5.92 Å². The van der Waals surface area contributed by atoms with E-state index in [-0.39, 0.29) is 18.4 Å².